The second kappa shape index (κ2) is 13.9. The number of hydrogen-bond donors (Lipinski definition) is 2. The van der Waals surface area contributed by atoms with Gasteiger partial charge in [0.1, 0.15) is 35.4 Å². The average Bonchev–Trinajstić information content (AvgIpc) is 4.03. The fourth-order valence-corrected chi connectivity index (χ4v) is 8.25. The van der Waals surface area contributed by atoms with Crippen molar-refractivity contribution in [2.75, 3.05) is 13.2 Å². The number of ether oxygens (including phenoxy) is 5. The van der Waals surface area contributed by atoms with E-state index in [1.165, 1.54) is 11.1 Å². The van der Waals surface area contributed by atoms with Crippen LogP contribution in [-0.2, 0) is 54.2 Å². The highest BCUT2D eigenvalue weighted by Gasteiger charge is 2.78. The van der Waals surface area contributed by atoms with Gasteiger partial charge in [0.2, 0.25) is 5.91 Å². The van der Waals surface area contributed by atoms with Gasteiger partial charge < -0.3 is 34.1 Å². The number of nitrogens with one attached hydrogen (secondary N) is 1. The first-order valence-corrected chi connectivity index (χ1v) is 18.2. The third-order valence-corrected chi connectivity index (χ3v) is 10.7. The number of hydroxylamine groups is 2. The van der Waals surface area contributed by atoms with Crippen LogP contribution in [-0.4, -0.2) is 101 Å². The van der Waals surface area contributed by atoms with Crippen molar-refractivity contribution in [2.24, 2.45) is 17.3 Å². The number of aliphatic hydroxyl groups is 1. The number of rotatable bonds is 13. The van der Waals surface area contributed by atoms with Crippen molar-refractivity contribution in [2.45, 2.75) is 126 Å². The zero-order valence-electron chi connectivity index (χ0n) is 29.8. The van der Waals surface area contributed by atoms with E-state index in [9.17, 15) is 37.5 Å². The first-order chi connectivity index (χ1) is 25.0. The highest BCUT2D eigenvalue weighted by atomic mass is 19.4. The first kappa shape index (κ1) is 37.7. The van der Waals surface area contributed by atoms with Crippen LogP contribution in [0.4, 0.5) is 13.2 Å². The smallest absolute Gasteiger partial charge is 0.422 e. The van der Waals surface area contributed by atoms with Gasteiger partial charge in [-0.25, -0.2) is 4.79 Å². The van der Waals surface area contributed by atoms with Crippen LogP contribution in [0.1, 0.15) is 76.8 Å². The van der Waals surface area contributed by atoms with E-state index in [0.717, 1.165) is 31.8 Å². The van der Waals surface area contributed by atoms with E-state index in [1.807, 2.05) is 0 Å². The minimum atomic E-state index is -4.68. The summed E-state index contributed by atoms with van der Waals surface area (Å²) in [5.41, 5.74) is -1.32. The van der Waals surface area contributed by atoms with Crippen molar-refractivity contribution >= 4 is 29.9 Å². The Morgan fingerprint density at radius 3 is 2.40 bits per heavy atom. The minimum Gasteiger partial charge on any atom is -0.460 e. The van der Waals surface area contributed by atoms with Gasteiger partial charge in [0.15, 0.2) is 18.4 Å². The normalized spacial score (nSPS) is 31.2. The third-order valence-electron chi connectivity index (χ3n) is 10.7. The molecule has 3 aliphatic carbocycles. The topological polar surface area (TPSA) is 159 Å². The van der Waals surface area contributed by atoms with E-state index < -0.39 is 96.5 Å². The van der Waals surface area contributed by atoms with Gasteiger partial charge in [0.05, 0.1) is 19.2 Å². The third kappa shape index (κ3) is 7.57. The van der Waals surface area contributed by atoms with Crippen molar-refractivity contribution in [3.05, 3.63) is 41.5 Å². The lowest BCUT2D eigenvalue weighted by Gasteiger charge is -2.49. The van der Waals surface area contributed by atoms with Crippen LogP contribution in [0.15, 0.2) is 30.3 Å². The van der Waals surface area contributed by atoms with Crippen LogP contribution < -0.4 is 5.32 Å². The maximum absolute atomic E-state index is 14.7. The highest BCUT2D eigenvalue weighted by Crippen LogP contribution is 2.63. The Kier molecular flexibility index (Phi) is 9.92. The molecule has 3 heterocycles. The molecule has 3 saturated carbocycles. The van der Waals surface area contributed by atoms with Crippen molar-refractivity contribution in [1.82, 2.24) is 10.4 Å². The Balaban J connectivity index is 1.18. The molecule has 6 fully saturated rings. The monoisotopic (exact) mass is 750 g/mol. The molecule has 16 heteroatoms. The van der Waals surface area contributed by atoms with E-state index in [-0.39, 0.29) is 37.6 Å². The first-order valence-electron chi connectivity index (χ1n) is 18.2. The van der Waals surface area contributed by atoms with E-state index >= 15 is 0 Å². The second-order valence-corrected chi connectivity index (χ2v) is 15.9. The molecule has 0 unspecified atom stereocenters. The van der Waals surface area contributed by atoms with Crippen LogP contribution >= 0.6 is 0 Å². The molecule has 1 amide bonds. The van der Waals surface area contributed by atoms with Gasteiger partial charge in [0.25, 0.3) is 0 Å². The van der Waals surface area contributed by atoms with Gasteiger partial charge >= 0.3 is 24.1 Å². The van der Waals surface area contributed by atoms with Crippen molar-refractivity contribution < 1.29 is 66.0 Å². The lowest BCUT2D eigenvalue weighted by Crippen LogP contribution is -2.70. The molecule has 13 nitrogen and oxygen atoms in total. The molecule has 6 aliphatic rings. The number of amides is 1. The summed E-state index contributed by atoms with van der Waals surface area (Å²) in [7, 11) is 0. The van der Waals surface area contributed by atoms with Crippen molar-refractivity contribution in [3.8, 4) is 0 Å². The van der Waals surface area contributed by atoms with Gasteiger partial charge in [0, 0.05) is 30.8 Å². The maximum Gasteiger partial charge on any atom is 0.422 e. The molecule has 0 radical (unpaired) electrons. The Labute approximate surface area is 304 Å². The fourth-order valence-electron chi connectivity index (χ4n) is 8.25. The molecule has 0 aromatic heterocycles. The number of carbonyl (C=O) groups is 4. The van der Waals surface area contributed by atoms with E-state index in [1.54, 1.807) is 45.0 Å². The van der Waals surface area contributed by atoms with Gasteiger partial charge in [-0.2, -0.15) is 18.2 Å². The van der Waals surface area contributed by atoms with Gasteiger partial charge in [-0.05, 0) is 70.1 Å². The van der Waals surface area contributed by atoms with E-state index in [4.69, 9.17) is 23.8 Å². The summed E-state index contributed by atoms with van der Waals surface area (Å²) in [5.74, 6) is -3.50. The summed E-state index contributed by atoms with van der Waals surface area (Å²) in [6.45, 7) is 2.91. The van der Waals surface area contributed by atoms with Gasteiger partial charge in [-0.15, -0.1) is 0 Å². The zero-order valence-corrected chi connectivity index (χ0v) is 29.8. The Morgan fingerprint density at radius 1 is 1.08 bits per heavy atom. The number of benzene rings is 1. The largest absolute Gasteiger partial charge is 0.460 e. The number of nitrogens with zero attached hydrogens (tertiary/aromatic N) is 1. The lowest BCUT2D eigenvalue weighted by molar-refractivity contribution is -0.235. The molecule has 1 aromatic rings. The molecule has 3 saturated heterocycles. The lowest BCUT2D eigenvalue weighted by atomic mass is 9.62. The van der Waals surface area contributed by atoms with Crippen molar-refractivity contribution in [3.63, 3.8) is 0 Å². The molecule has 1 aromatic carbocycles. The number of fused-ring (bicyclic) bond motifs is 4. The molecule has 3 aliphatic heterocycles. The number of halogens is 3. The average molecular weight is 751 g/mol. The van der Waals surface area contributed by atoms with Crippen LogP contribution in [0.5, 0.6) is 0 Å². The zero-order chi connectivity index (χ0) is 37.9. The summed E-state index contributed by atoms with van der Waals surface area (Å²) in [4.78, 5) is 59.9. The number of aliphatic hydroxyl groups excluding tert-OH is 1. The quantitative estimate of drug-likeness (QED) is 0.172. The number of esters is 3. The van der Waals surface area contributed by atoms with Gasteiger partial charge in [-0.3, -0.25) is 19.2 Å². The number of alkyl halides is 3. The van der Waals surface area contributed by atoms with Crippen LogP contribution in [0, 0.1) is 17.3 Å². The number of carbonyl (C=O) groups excluding carboxylic acids is 4. The van der Waals surface area contributed by atoms with E-state index in [2.05, 4.69) is 10.1 Å². The summed E-state index contributed by atoms with van der Waals surface area (Å²) in [6.07, 6.45) is -2.05. The molecular formula is C37H45F3N2O11. The maximum atomic E-state index is 14.7. The predicted molar refractivity (Wildman–Crippen MR) is 176 cm³/mol. The SMILES string of the molecule is CC(C)(C)OC(=O)CC[C@@H](CO)NC(=O)[C@@]12C[C@H]3OC(=O)[C@@H]1N(Cc1ccccc1C=CC(=O)OCC(F)(F)F)O[C@@H]2[C@H]1OC(C2CC2)(C2CC2)O[C@H]13. The Bertz CT molecular complexity index is 1630. The number of hydrogen-bond acceptors (Lipinski definition) is 12. The molecule has 2 bridgehead atoms. The molecule has 290 valence electrons. The molecule has 53 heavy (non-hydrogen) atoms. The molecule has 7 rings (SSSR count). The highest BCUT2D eigenvalue weighted by molar-refractivity contribution is 5.94. The summed E-state index contributed by atoms with van der Waals surface area (Å²) >= 11 is 0. The Morgan fingerprint density at radius 2 is 1.75 bits per heavy atom. The summed E-state index contributed by atoms with van der Waals surface area (Å²) in [6, 6.07) is 4.56. The minimum absolute atomic E-state index is 0.0448. The predicted octanol–water partition coefficient (Wildman–Crippen LogP) is 3.50. The molecule has 7 atom stereocenters. The molecular weight excluding hydrogens is 705 g/mol. The van der Waals surface area contributed by atoms with Crippen LogP contribution in [0.2, 0.25) is 0 Å². The molecule has 0 spiro atoms. The summed E-state index contributed by atoms with van der Waals surface area (Å²) < 4.78 is 67.1. The Hall–Kier alpha value is -3.57. The fraction of sp³-hybridized carbons (Fsp3) is 0.676. The van der Waals surface area contributed by atoms with E-state index in [0.29, 0.717) is 11.1 Å². The van der Waals surface area contributed by atoms with Crippen LogP contribution in [0.3, 0.4) is 0 Å². The molecule has 2 N–H and O–H groups in total. The van der Waals surface area contributed by atoms with Gasteiger partial charge in [-0.1, -0.05) is 24.3 Å². The summed E-state index contributed by atoms with van der Waals surface area (Å²) in [5, 5.41) is 14.6. The van der Waals surface area contributed by atoms with Crippen molar-refractivity contribution in [1.29, 1.82) is 0 Å². The second-order valence-electron chi connectivity index (χ2n) is 15.9. The standard InChI is InChI=1S/C37H45F3N2O11/c1-34(2,3)50-27(45)15-13-24(18-43)41-33(47)35-16-25-28-29(52-37(51-28,22-9-10-22)23-11-12-23)31(35)53-42(30(35)32(46)49-25)17-21-7-5-4-6-20(21)8-14-26(44)48-19-36(38,39)40/h4-8,14,22-25,28-31,43H,9-13,15-19H2,1-3H3,(H,41,47)/t24-,25+,28-,29-,30-,31+,35-/m0/s1. The van der Waals surface area contributed by atoms with Crippen LogP contribution in [0.25, 0.3) is 6.08 Å².